The first-order valence-corrected chi connectivity index (χ1v) is 19.3. The van der Waals surface area contributed by atoms with Crippen molar-refractivity contribution < 1.29 is 4.57 Å². The minimum absolute atomic E-state index is 0.766. The van der Waals surface area contributed by atoms with Gasteiger partial charge < -0.3 is 4.57 Å². The Morgan fingerprint density at radius 2 is 1.06 bits per heavy atom. The van der Waals surface area contributed by atoms with E-state index in [9.17, 15) is 0 Å². The van der Waals surface area contributed by atoms with E-state index in [0.717, 1.165) is 61.6 Å². The minimum atomic E-state index is -3.18. The van der Waals surface area contributed by atoms with Gasteiger partial charge in [0.05, 0.1) is 16.7 Å². The normalized spacial score (nSPS) is 15.0. The van der Waals surface area contributed by atoms with Crippen LogP contribution in [0.3, 0.4) is 0 Å². The highest BCUT2D eigenvalue weighted by Crippen LogP contribution is 2.50. The highest BCUT2D eigenvalue weighted by Gasteiger charge is 2.39. The maximum atomic E-state index is 15.6. The van der Waals surface area contributed by atoms with Gasteiger partial charge in [-0.1, -0.05) is 146 Å². The predicted molar refractivity (Wildman–Crippen MR) is 215 cm³/mol. The molecular weight excluding hydrogens is 640 g/mol. The topological polar surface area (TPSA) is 34.9 Å². The van der Waals surface area contributed by atoms with Gasteiger partial charge in [0.25, 0.3) is 0 Å². The van der Waals surface area contributed by atoms with Crippen LogP contribution in [0.4, 0.5) is 0 Å². The van der Waals surface area contributed by atoms with Gasteiger partial charge in [-0.05, 0) is 85.3 Å². The molecule has 8 aromatic carbocycles. The van der Waals surface area contributed by atoms with E-state index < -0.39 is 7.14 Å². The zero-order valence-electron chi connectivity index (χ0n) is 28.1. The second-order valence-electron chi connectivity index (χ2n) is 13.3. The number of rotatable bonds is 5. The summed E-state index contributed by atoms with van der Waals surface area (Å²) < 4.78 is 17.8. The van der Waals surface area contributed by atoms with E-state index in [0.29, 0.717) is 0 Å². The Morgan fingerprint density at radius 3 is 1.73 bits per heavy atom. The van der Waals surface area contributed by atoms with E-state index in [1.807, 2.05) is 48.5 Å². The molecule has 0 fully saturated rings. The largest absolute Gasteiger partial charge is 0.308 e. The predicted octanol–water partition coefficient (Wildman–Crippen LogP) is 10.8. The Hall–Kier alpha value is -6.02. The van der Waals surface area contributed by atoms with Gasteiger partial charge in [-0.3, -0.25) is 4.57 Å². The lowest BCUT2D eigenvalue weighted by molar-refractivity contribution is 0.592. The summed E-state index contributed by atoms with van der Waals surface area (Å²) in [5, 5.41) is 7.49. The minimum Gasteiger partial charge on any atom is -0.308 e. The van der Waals surface area contributed by atoms with Crippen molar-refractivity contribution in [2.75, 3.05) is 0 Å². The van der Waals surface area contributed by atoms with Crippen LogP contribution in [0.15, 0.2) is 170 Å². The molecule has 0 radical (unpaired) electrons. The fourth-order valence-corrected chi connectivity index (χ4v) is 11.3. The summed E-state index contributed by atoms with van der Waals surface area (Å²) in [5.41, 5.74) is 9.85. The third-order valence-electron chi connectivity index (χ3n) is 10.5. The number of hydrogen-bond acceptors (Lipinski definition) is 2. The number of nitrogens with zero attached hydrogens (tertiary/aromatic N) is 2. The number of para-hydroxylation sites is 1. The number of fused-ring (bicyclic) bond motifs is 4. The summed E-state index contributed by atoms with van der Waals surface area (Å²) in [5.74, 6) is 0.973. The van der Waals surface area contributed by atoms with E-state index in [4.69, 9.17) is 4.98 Å². The third-order valence-corrected chi connectivity index (χ3v) is 13.7. The molecule has 9 aromatic rings. The van der Waals surface area contributed by atoms with Gasteiger partial charge in [0.2, 0.25) is 0 Å². The van der Waals surface area contributed by atoms with Crippen LogP contribution in [0.5, 0.6) is 0 Å². The standard InChI is InChI=1S/C47H33N2OP/c1-2-44-48-40-25-14-26-43-47(40)49(44)41-30-33(27-28-42(41)51(43,50)35-19-7-4-8-20-35)32-17-13-18-34(29-32)46-38-23-11-9-21-36(38)45(31-15-5-3-6-16-31)37-22-10-12-24-39(37)46/h3-30H,2H2,1H3. The molecule has 0 amide bonds. The van der Waals surface area contributed by atoms with Crippen LogP contribution in [0.1, 0.15) is 12.7 Å². The highest BCUT2D eigenvalue weighted by atomic mass is 31.2. The lowest BCUT2D eigenvalue weighted by atomic mass is 9.85. The van der Waals surface area contributed by atoms with Crippen molar-refractivity contribution in [1.29, 1.82) is 0 Å². The molecule has 51 heavy (non-hydrogen) atoms. The van der Waals surface area contributed by atoms with Crippen molar-refractivity contribution >= 4 is 55.6 Å². The van der Waals surface area contributed by atoms with E-state index in [-0.39, 0.29) is 0 Å². The molecule has 2 heterocycles. The number of aryl methyl sites for hydroxylation is 1. The summed E-state index contributed by atoms with van der Waals surface area (Å²) in [7, 11) is -3.18. The molecule has 1 atom stereocenters. The van der Waals surface area contributed by atoms with Crippen LogP contribution in [0.25, 0.3) is 71.6 Å². The Bertz CT molecular complexity index is 2820. The van der Waals surface area contributed by atoms with Crippen molar-refractivity contribution in [3.8, 4) is 39.1 Å². The van der Waals surface area contributed by atoms with Crippen molar-refractivity contribution in [3.63, 3.8) is 0 Å². The molecule has 1 aliphatic rings. The van der Waals surface area contributed by atoms with Crippen molar-refractivity contribution in [2.45, 2.75) is 13.3 Å². The molecular formula is C47H33N2OP. The quantitative estimate of drug-likeness (QED) is 0.135. The molecule has 0 bridgehead atoms. The summed E-state index contributed by atoms with van der Waals surface area (Å²) in [6.45, 7) is 2.14. The monoisotopic (exact) mass is 672 g/mol. The summed E-state index contributed by atoms with van der Waals surface area (Å²) in [6.07, 6.45) is 0.766. The zero-order chi connectivity index (χ0) is 34.1. The lowest BCUT2D eigenvalue weighted by Gasteiger charge is -2.29. The molecule has 3 nitrogen and oxygen atoms in total. The van der Waals surface area contributed by atoms with E-state index in [2.05, 4.69) is 133 Å². The van der Waals surface area contributed by atoms with Crippen molar-refractivity contribution in [2.24, 2.45) is 0 Å². The molecule has 242 valence electrons. The zero-order valence-corrected chi connectivity index (χ0v) is 29.0. The number of hydrogen-bond donors (Lipinski definition) is 0. The number of aromatic nitrogens is 2. The smallest absolute Gasteiger partial charge is 0.175 e. The summed E-state index contributed by atoms with van der Waals surface area (Å²) in [6, 6.07) is 59.7. The van der Waals surface area contributed by atoms with Crippen LogP contribution in [0.2, 0.25) is 0 Å². The molecule has 1 aromatic heterocycles. The molecule has 0 N–H and O–H groups in total. The summed E-state index contributed by atoms with van der Waals surface area (Å²) >= 11 is 0. The fourth-order valence-electron chi connectivity index (χ4n) is 8.31. The van der Waals surface area contributed by atoms with E-state index in [1.54, 1.807) is 0 Å². The Morgan fingerprint density at radius 1 is 0.510 bits per heavy atom. The van der Waals surface area contributed by atoms with Gasteiger partial charge in [0, 0.05) is 22.3 Å². The fraction of sp³-hybridized carbons (Fsp3) is 0.0426. The number of imidazole rings is 1. The lowest BCUT2D eigenvalue weighted by Crippen LogP contribution is -2.33. The SMILES string of the molecule is CCc1nc2cccc3c2n1-c1cc(-c2cccc(-c4c5ccccc5c(-c5ccccc5)c5ccccc45)c2)ccc1P3(=O)c1ccccc1. The Labute approximate surface area is 296 Å². The van der Waals surface area contributed by atoms with Crippen molar-refractivity contribution in [1.82, 2.24) is 9.55 Å². The third kappa shape index (κ3) is 4.38. The van der Waals surface area contributed by atoms with Crippen LogP contribution >= 0.6 is 7.14 Å². The van der Waals surface area contributed by atoms with Gasteiger partial charge in [0.1, 0.15) is 5.82 Å². The van der Waals surface area contributed by atoms with Gasteiger partial charge in [-0.25, -0.2) is 4.98 Å². The molecule has 0 saturated heterocycles. The van der Waals surface area contributed by atoms with Crippen molar-refractivity contribution in [3.05, 3.63) is 176 Å². The van der Waals surface area contributed by atoms with Crippen LogP contribution < -0.4 is 15.9 Å². The second kappa shape index (κ2) is 11.5. The Balaban J connectivity index is 1.21. The van der Waals surface area contributed by atoms with Gasteiger partial charge in [-0.15, -0.1) is 0 Å². The van der Waals surface area contributed by atoms with Gasteiger partial charge in [0.15, 0.2) is 7.14 Å². The average Bonchev–Trinajstić information content (AvgIpc) is 3.59. The van der Waals surface area contributed by atoms with E-state index in [1.165, 1.54) is 38.2 Å². The maximum Gasteiger partial charge on any atom is 0.175 e. The maximum absolute atomic E-state index is 15.6. The molecule has 1 unspecified atom stereocenters. The number of benzene rings is 8. The van der Waals surface area contributed by atoms with Crippen LogP contribution in [0, 0.1) is 0 Å². The second-order valence-corrected chi connectivity index (χ2v) is 16.0. The molecule has 0 saturated carbocycles. The van der Waals surface area contributed by atoms with E-state index >= 15 is 4.57 Å². The highest BCUT2D eigenvalue weighted by molar-refractivity contribution is 7.86. The first kappa shape index (κ1) is 29.9. The van der Waals surface area contributed by atoms with Gasteiger partial charge in [-0.2, -0.15) is 0 Å². The van der Waals surface area contributed by atoms with Crippen LogP contribution in [-0.2, 0) is 11.0 Å². The Kier molecular flexibility index (Phi) is 6.74. The molecule has 4 heteroatoms. The molecule has 1 aliphatic heterocycles. The first-order valence-electron chi connectivity index (χ1n) is 17.6. The first-order chi connectivity index (χ1) is 25.1. The average molecular weight is 673 g/mol. The molecule has 10 rings (SSSR count). The van der Waals surface area contributed by atoms with Crippen LogP contribution in [-0.4, -0.2) is 9.55 Å². The molecule has 0 spiro atoms. The van der Waals surface area contributed by atoms with Gasteiger partial charge >= 0.3 is 0 Å². The summed E-state index contributed by atoms with van der Waals surface area (Å²) in [4.78, 5) is 5.05. The molecule has 0 aliphatic carbocycles.